The van der Waals surface area contributed by atoms with Crippen LogP contribution in [0.1, 0.15) is 30.7 Å². The zero-order chi connectivity index (χ0) is 9.26. The molecular formula is C10H14ClNS. The van der Waals surface area contributed by atoms with Gasteiger partial charge in [-0.05, 0) is 44.4 Å². The highest BCUT2D eigenvalue weighted by Gasteiger charge is 2.21. The predicted octanol–water partition coefficient (Wildman–Crippen LogP) is 3.46. The molecule has 1 aromatic rings. The average molecular weight is 216 g/mol. The van der Waals surface area contributed by atoms with Crippen molar-refractivity contribution in [3.05, 3.63) is 21.3 Å². The number of nitrogens with one attached hydrogen (secondary N) is 1. The minimum absolute atomic E-state index is 0.457. The Bertz CT molecular complexity index is 280. The van der Waals surface area contributed by atoms with Crippen molar-refractivity contribution < 1.29 is 0 Å². The largest absolute Gasteiger partial charge is 0.309 e. The van der Waals surface area contributed by atoms with E-state index in [9.17, 15) is 0 Å². The third kappa shape index (κ3) is 2.70. The van der Waals surface area contributed by atoms with Crippen LogP contribution in [0.15, 0.2) is 12.1 Å². The highest BCUT2D eigenvalue weighted by molar-refractivity contribution is 7.16. The van der Waals surface area contributed by atoms with Gasteiger partial charge in [0.15, 0.2) is 0 Å². The van der Waals surface area contributed by atoms with E-state index >= 15 is 0 Å². The van der Waals surface area contributed by atoms with Crippen LogP contribution < -0.4 is 5.32 Å². The summed E-state index contributed by atoms with van der Waals surface area (Å²) in [7, 11) is 0. The summed E-state index contributed by atoms with van der Waals surface area (Å²) in [4.78, 5) is 1.34. The molecule has 72 valence electrons. The Morgan fingerprint density at radius 1 is 1.62 bits per heavy atom. The van der Waals surface area contributed by atoms with Crippen molar-refractivity contribution in [1.82, 2.24) is 5.32 Å². The molecule has 13 heavy (non-hydrogen) atoms. The number of halogens is 1. The van der Waals surface area contributed by atoms with Gasteiger partial charge in [0, 0.05) is 10.9 Å². The van der Waals surface area contributed by atoms with Crippen molar-refractivity contribution in [1.29, 1.82) is 0 Å². The Hall–Kier alpha value is -0.0500. The summed E-state index contributed by atoms with van der Waals surface area (Å²) in [6.45, 7) is 3.36. The lowest BCUT2D eigenvalue weighted by Gasteiger charge is -2.10. The molecule has 1 atom stereocenters. The Kier molecular flexibility index (Phi) is 2.92. The average Bonchev–Trinajstić information content (AvgIpc) is 2.84. The van der Waals surface area contributed by atoms with Crippen LogP contribution in [0.3, 0.4) is 0 Å². The van der Waals surface area contributed by atoms with Crippen molar-refractivity contribution in [3.63, 3.8) is 0 Å². The quantitative estimate of drug-likeness (QED) is 0.811. The molecule has 1 aliphatic rings. The van der Waals surface area contributed by atoms with Crippen LogP contribution in [0.25, 0.3) is 0 Å². The van der Waals surface area contributed by atoms with E-state index in [1.165, 1.54) is 17.7 Å². The molecule has 1 saturated carbocycles. The number of hydrogen-bond donors (Lipinski definition) is 1. The Morgan fingerprint density at radius 2 is 2.38 bits per heavy atom. The minimum Gasteiger partial charge on any atom is -0.309 e. The van der Waals surface area contributed by atoms with Gasteiger partial charge in [-0.2, -0.15) is 0 Å². The second kappa shape index (κ2) is 3.99. The second-order valence-electron chi connectivity index (χ2n) is 3.72. The lowest BCUT2D eigenvalue weighted by molar-refractivity contribution is 0.555. The summed E-state index contributed by atoms with van der Waals surface area (Å²) >= 11 is 7.54. The monoisotopic (exact) mass is 215 g/mol. The van der Waals surface area contributed by atoms with E-state index < -0.39 is 0 Å². The number of hydrogen-bond acceptors (Lipinski definition) is 2. The molecule has 1 fully saturated rings. The van der Waals surface area contributed by atoms with E-state index in [4.69, 9.17) is 11.6 Å². The topological polar surface area (TPSA) is 12.0 Å². The van der Waals surface area contributed by atoms with Gasteiger partial charge in [-0.3, -0.25) is 0 Å². The molecular weight excluding hydrogens is 202 g/mol. The molecule has 1 aliphatic carbocycles. The van der Waals surface area contributed by atoms with Crippen molar-refractivity contribution in [2.45, 2.75) is 25.8 Å². The van der Waals surface area contributed by atoms with Crippen molar-refractivity contribution in [3.8, 4) is 0 Å². The summed E-state index contributed by atoms with van der Waals surface area (Å²) < 4.78 is 0.884. The first-order valence-corrected chi connectivity index (χ1v) is 5.94. The molecule has 0 saturated heterocycles. The van der Waals surface area contributed by atoms with Gasteiger partial charge in [-0.15, -0.1) is 11.3 Å². The fourth-order valence-corrected chi connectivity index (χ4v) is 2.41. The van der Waals surface area contributed by atoms with E-state index in [2.05, 4.69) is 18.3 Å². The predicted molar refractivity (Wildman–Crippen MR) is 58.5 cm³/mol. The van der Waals surface area contributed by atoms with Crippen LogP contribution in [-0.4, -0.2) is 6.54 Å². The minimum atomic E-state index is 0.457. The summed E-state index contributed by atoms with van der Waals surface area (Å²) in [6.07, 6.45) is 2.82. The maximum atomic E-state index is 5.87. The summed E-state index contributed by atoms with van der Waals surface area (Å²) in [5, 5.41) is 3.53. The standard InChI is InChI=1S/C10H14ClNS/c1-7(12-6-8-2-3-8)9-4-5-10(11)13-9/h4-5,7-8,12H,2-3,6H2,1H3. The molecule has 0 radical (unpaired) electrons. The third-order valence-electron chi connectivity index (χ3n) is 2.43. The van der Waals surface area contributed by atoms with Gasteiger partial charge >= 0.3 is 0 Å². The Labute approximate surface area is 88.1 Å². The maximum Gasteiger partial charge on any atom is 0.0931 e. The van der Waals surface area contributed by atoms with E-state index in [1.54, 1.807) is 11.3 Å². The SMILES string of the molecule is CC(NCC1CC1)c1ccc(Cl)s1. The first-order chi connectivity index (χ1) is 6.25. The fraction of sp³-hybridized carbons (Fsp3) is 0.600. The van der Waals surface area contributed by atoms with Gasteiger partial charge in [-0.1, -0.05) is 11.6 Å². The molecule has 1 nitrogen and oxygen atoms in total. The van der Waals surface area contributed by atoms with Crippen molar-refractivity contribution >= 4 is 22.9 Å². The van der Waals surface area contributed by atoms with Crippen LogP contribution in [0.4, 0.5) is 0 Å². The maximum absolute atomic E-state index is 5.87. The molecule has 0 bridgehead atoms. The molecule has 3 heteroatoms. The highest BCUT2D eigenvalue weighted by atomic mass is 35.5. The summed E-state index contributed by atoms with van der Waals surface area (Å²) in [6, 6.07) is 4.53. The van der Waals surface area contributed by atoms with Gasteiger partial charge < -0.3 is 5.32 Å². The zero-order valence-corrected chi connectivity index (χ0v) is 9.29. The second-order valence-corrected chi connectivity index (χ2v) is 5.46. The normalized spacial score (nSPS) is 18.9. The van der Waals surface area contributed by atoms with E-state index in [0.717, 1.165) is 16.8 Å². The first kappa shape index (κ1) is 9.50. The third-order valence-corrected chi connectivity index (χ3v) is 3.84. The van der Waals surface area contributed by atoms with Crippen molar-refractivity contribution in [2.24, 2.45) is 5.92 Å². The van der Waals surface area contributed by atoms with Gasteiger partial charge in [0.05, 0.1) is 4.34 Å². The van der Waals surface area contributed by atoms with Crippen molar-refractivity contribution in [2.75, 3.05) is 6.54 Å². The molecule has 2 rings (SSSR count). The van der Waals surface area contributed by atoms with Crippen LogP contribution in [0, 0.1) is 5.92 Å². The fourth-order valence-electron chi connectivity index (χ4n) is 1.33. The molecule has 0 amide bonds. The van der Waals surface area contributed by atoms with Gasteiger partial charge in [0.1, 0.15) is 0 Å². The Balaban J connectivity index is 1.84. The van der Waals surface area contributed by atoms with Gasteiger partial charge in [0.25, 0.3) is 0 Å². The summed E-state index contributed by atoms with van der Waals surface area (Å²) in [5.41, 5.74) is 0. The number of thiophene rings is 1. The zero-order valence-electron chi connectivity index (χ0n) is 7.72. The van der Waals surface area contributed by atoms with Crippen LogP contribution in [-0.2, 0) is 0 Å². The van der Waals surface area contributed by atoms with Gasteiger partial charge in [0.2, 0.25) is 0 Å². The lowest BCUT2D eigenvalue weighted by Crippen LogP contribution is -2.20. The van der Waals surface area contributed by atoms with E-state index in [-0.39, 0.29) is 0 Å². The van der Waals surface area contributed by atoms with E-state index in [0.29, 0.717) is 6.04 Å². The Morgan fingerprint density at radius 3 is 2.92 bits per heavy atom. The summed E-state index contributed by atoms with van der Waals surface area (Å²) in [5.74, 6) is 0.942. The smallest absolute Gasteiger partial charge is 0.0931 e. The molecule has 0 aliphatic heterocycles. The van der Waals surface area contributed by atoms with Crippen LogP contribution in [0.2, 0.25) is 4.34 Å². The molecule has 0 aromatic carbocycles. The first-order valence-electron chi connectivity index (χ1n) is 4.74. The molecule has 1 unspecified atom stereocenters. The molecule has 1 aromatic heterocycles. The molecule has 0 spiro atoms. The van der Waals surface area contributed by atoms with Gasteiger partial charge in [-0.25, -0.2) is 0 Å². The number of rotatable bonds is 4. The molecule has 1 N–H and O–H groups in total. The van der Waals surface area contributed by atoms with E-state index in [1.807, 2.05) is 6.07 Å². The molecule has 1 heterocycles. The lowest BCUT2D eigenvalue weighted by atomic mass is 10.2. The highest BCUT2D eigenvalue weighted by Crippen LogP contribution is 2.30. The van der Waals surface area contributed by atoms with Crippen LogP contribution >= 0.6 is 22.9 Å². The van der Waals surface area contributed by atoms with Crippen LogP contribution in [0.5, 0.6) is 0 Å².